The lowest BCUT2D eigenvalue weighted by Crippen LogP contribution is -1.96. The molecule has 1 aromatic heterocycles. The molecular formula is C17H12BrNO3S. The Balaban J connectivity index is 1.93. The SMILES string of the molecule is Cc1ccc(/C=C(/Sc2nc3ccccc3o2)C(=O)O)cc1Br. The van der Waals surface area contributed by atoms with E-state index in [1.807, 2.05) is 43.3 Å². The standard InChI is InChI=1S/C17H12BrNO3S/c1-10-6-7-11(8-12(10)18)9-15(16(20)21)23-17-19-13-4-2-3-5-14(13)22-17/h2-9H,1H3,(H,20,21)/b15-9+. The van der Waals surface area contributed by atoms with E-state index in [9.17, 15) is 9.90 Å². The van der Waals surface area contributed by atoms with Crippen molar-refractivity contribution >= 4 is 50.8 Å². The molecule has 4 nitrogen and oxygen atoms in total. The minimum absolute atomic E-state index is 0.146. The van der Waals surface area contributed by atoms with Crippen LogP contribution in [-0.2, 0) is 4.79 Å². The van der Waals surface area contributed by atoms with E-state index in [1.165, 1.54) is 0 Å². The molecular weight excluding hydrogens is 378 g/mol. The molecule has 3 aromatic rings. The molecule has 3 rings (SSSR count). The Kier molecular flexibility index (Phi) is 4.54. The summed E-state index contributed by atoms with van der Waals surface area (Å²) in [5, 5.41) is 9.74. The molecule has 1 heterocycles. The number of fused-ring (bicyclic) bond motifs is 1. The smallest absolute Gasteiger partial charge is 0.342 e. The first-order valence-electron chi connectivity index (χ1n) is 6.77. The predicted octanol–water partition coefficient (Wildman–Crippen LogP) is 5.12. The normalized spacial score (nSPS) is 11.8. The first-order valence-corrected chi connectivity index (χ1v) is 8.38. The average molecular weight is 390 g/mol. The van der Waals surface area contributed by atoms with Gasteiger partial charge in [0.2, 0.25) is 0 Å². The Morgan fingerprint density at radius 1 is 1.30 bits per heavy atom. The van der Waals surface area contributed by atoms with Gasteiger partial charge >= 0.3 is 5.97 Å². The van der Waals surface area contributed by atoms with Gasteiger partial charge in [0.15, 0.2) is 5.58 Å². The minimum atomic E-state index is -1.02. The summed E-state index contributed by atoms with van der Waals surface area (Å²) in [6.45, 7) is 1.97. The van der Waals surface area contributed by atoms with E-state index in [0.29, 0.717) is 16.3 Å². The molecule has 1 N–H and O–H groups in total. The number of rotatable bonds is 4. The lowest BCUT2D eigenvalue weighted by atomic mass is 10.1. The highest BCUT2D eigenvalue weighted by Crippen LogP contribution is 2.31. The van der Waals surface area contributed by atoms with Gasteiger partial charge in [-0.2, -0.15) is 0 Å². The summed E-state index contributed by atoms with van der Waals surface area (Å²) in [6.07, 6.45) is 1.60. The minimum Gasteiger partial charge on any atom is -0.477 e. The molecule has 0 saturated carbocycles. The van der Waals surface area contributed by atoms with Crippen LogP contribution in [0.2, 0.25) is 0 Å². The van der Waals surface area contributed by atoms with Gasteiger partial charge in [0.25, 0.3) is 5.22 Å². The van der Waals surface area contributed by atoms with E-state index in [4.69, 9.17) is 4.42 Å². The van der Waals surface area contributed by atoms with Crippen LogP contribution in [0.1, 0.15) is 11.1 Å². The van der Waals surface area contributed by atoms with E-state index in [0.717, 1.165) is 27.4 Å². The van der Waals surface area contributed by atoms with Crippen molar-refractivity contribution in [3.63, 3.8) is 0 Å². The predicted molar refractivity (Wildman–Crippen MR) is 94.4 cm³/mol. The van der Waals surface area contributed by atoms with Gasteiger partial charge in [-0.1, -0.05) is 40.2 Å². The summed E-state index contributed by atoms with van der Waals surface area (Å²) in [7, 11) is 0. The van der Waals surface area contributed by atoms with Crippen molar-refractivity contribution in [1.29, 1.82) is 0 Å². The van der Waals surface area contributed by atoms with Crippen LogP contribution in [0.4, 0.5) is 0 Å². The molecule has 0 fully saturated rings. The third kappa shape index (κ3) is 3.65. The van der Waals surface area contributed by atoms with E-state index < -0.39 is 5.97 Å². The number of carbonyl (C=O) groups is 1. The van der Waals surface area contributed by atoms with Crippen molar-refractivity contribution in [3.05, 3.63) is 63.0 Å². The van der Waals surface area contributed by atoms with E-state index in [1.54, 1.807) is 12.1 Å². The number of carboxylic acid groups (broad SMARTS) is 1. The molecule has 0 saturated heterocycles. The zero-order valence-electron chi connectivity index (χ0n) is 12.1. The Morgan fingerprint density at radius 2 is 2.09 bits per heavy atom. The maximum absolute atomic E-state index is 11.5. The van der Waals surface area contributed by atoms with Crippen LogP contribution in [0, 0.1) is 6.92 Å². The second kappa shape index (κ2) is 6.60. The average Bonchev–Trinajstić information content (AvgIpc) is 2.92. The second-order valence-electron chi connectivity index (χ2n) is 4.87. The fraction of sp³-hybridized carbons (Fsp3) is 0.0588. The largest absolute Gasteiger partial charge is 0.477 e. The third-order valence-electron chi connectivity index (χ3n) is 3.18. The van der Waals surface area contributed by atoms with Gasteiger partial charge in [0.05, 0.1) is 0 Å². The number of halogens is 1. The molecule has 0 radical (unpaired) electrons. The maximum atomic E-state index is 11.5. The van der Waals surface area contributed by atoms with Crippen molar-refractivity contribution in [2.75, 3.05) is 0 Å². The molecule has 6 heteroatoms. The van der Waals surface area contributed by atoms with Gasteiger partial charge in [-0.3, -0.25) is 0 Å². The number of para-hydroxylation sites is 2. The summed E-state index contributed by atoms with van der Waals surface area (Å²) in [6, 6.07) is 13.0. The number of hydrogen-bond acceptors (Lipinski definition) is 4. The van der Waals surface area contributed by atoms with Crippen LogP contribution in [-0.4, -0.2) is 16.1 Å². The van der Waals surface area contributed by atoms with Gasteiger partial charge in [-0.05, 0) is 54.1 Å². The van der Waals surface area contributed by atoms with Crippen LogP contribution in [0.15, 0.2) is 61.5 Å². The summed E-state index contributed by atoms with van der Waals surface area (Å²) < 4.78 is 6.50. The van der Waals surface area contributed by atoms with E-state index in [2.05, 4.69) is 20.9 Å². The number of hydrogen-bond donors (Lipinski definition) is 1. The van der Waals surface area contributed by atoms with Gasteiger partial charge in [0.1, 0.15) is 10.4 Å². The van der Waals surface area contributed by atoms with Gasteiger partial charge in [-0.25, -0.2) is 9.78 Å². The van der Waals surface area contributed by atoms with E-state index in [-0.39, 0.29) is 4.91 Å². The zero-order chi connectivity index (χ0) is 16.4. The van der Waals surface area contributed by atoms with Crippen molar-refractivity contribution in [3.8, 4) is 0 Å². The number of aliphatic carboxylic acids is 1. The Bertz CT molecular complexity index is 884. The molecule has 0 unspecified atom stereocenters. The number of carboxylic acids is 1. The molecule has 0 spiro atoms. The molecule has 0 aliphatic rings. The van der Waals surface area contributed by atoms with Crippen LogP contribution in [0.25, 0.3) is 17.2 Å². The van der Waals surface area contributed by atoms with Crippen LogP contribution in [0.5, 0.6) is 0 Å². The number of nitrogens with zero attached hydrogens (tertiary/aromatic N) is 1. The highest BCUT2D eigenvalue weighted by atomic mass is 79.9. The molecule has 0 atom stereocenters. The second-order valence-corrected chi connectivity index (χ2v) is 6.72. The molecule has 0 bridgehead atoms. The number of benzene rings is 2. The molecule has 0 aliphatic heterocycles. The molecule has 23 heavy (non-hydrogen) atoms. The van der Waals surface area contributed by atoms with Crippen LogP contribution in [0.3, 0.4) is 0 Å². The third-order valence-corrected chi connectivity index (χ3v) is 4.89. The van der Waals surface area contributed by atoms with Crippen LogP contribution >= 0.6 is 27.7 Å². The van der Waals surface area contributed by atoms with Crippen molar-refractivity contribution < 1.29 is 14.3 Å². The summed E-state index contributed by atoms with van der Waals surface area (Å²) >= 11 is 4.44. The molecule has 0 aliphatic carbocycles. The number of oxazole rings is 1. The topological polar surface area (TPSA) is 63.3 Å². The number of aryl methyl sites for hydroxylation is 1. The Morgan fingerprint density at radius 3 is 2.78 bits per heavy atom. The monoisotopic (exact) mass is 389 g/mol. The molecule has 0 amide bonds. The first kappa shape index (κ1) is 15.8. The lowest BCUT2D eigenvalue weighted by molar-refractivity contribution is -0.131. The van der Waals surface area contributed by atoms with Gasteiger partial charge < -0.3 is 9.52 Å². The quantitative estimate of drug-likeness (QED) is 0.495. The maximum Gasteiger partial charge on any atom is 0.342 e. The fourth-order valence-corrected chi connectivity index (χ4v) is 3.12. The Labute approximate surface area is 145 Å². The lowest BCUT2D eigenvalue weighted by Gasteiger charge is -2.02. The Hall–Kier alpha value is -2.05. The van der Waals surface area contributed by atoms with Gasteiger partial charge in [0, 0.05) is 4.47 Å². The van der Waals surface area contributed by atoms with Crippen LogP contribution < -0.4 is 0 Å². The highest BCUT2D eigenvalue weighted by Gasteiger charge is 2.15. The van der Waals surface area contributed by atoms with Crippen molar-refractivity contribution in [2.24, 2.45) is 0 Å². The zero-order valence-corrected chi connectivity index (χ0v) is 14.5. The molecule has 116 valence electrons. The number of aromatic nitrogens is 1. The summed E-state index contributed by atoms with van der Waals surface area (Å²) in [5.41, 5.74) is 3.23. The van der Waals surface area contributed by atoms with Crippen molar-refractivity contribution in [2.45, 2.75) is 12.1 Å². The highest BCUT2D eigenvalue weighted by molar-refractivity contribution is 9.10. The van der Waals surface area contributed by atoms with E-state index >= 15 is 0 Å². The van der Waals surface area contributed by atoms with Crippen molar-refractivity contribution in [1.82, 2.24) is 4.98 Å². The first-order chi connectivity index (χ1) is 11.0. The summed E-state index contributed by atoms with van der Waals surface area (Å²) in [4.78, 5) is 15.9. The molecule has 2 aromatic carbocycles. The fourth-order valence-electron chi connectivity index (χ4n) is 1.97. The van der Waals surface area contributed by atoms with Gasteiger partial charge in [-0.15, -0.1) is 0 Å². The summed E-state index contributed by atoms with van der Waals surface area (Å²) in [5.74, 6) is -1.02. The number of thioether (sulfide) groups is 1.